The quantitative estimate of drug-likeness (QED) is 0.140. The summed E-state index contributed by atoms with van der Waals surface area (Å²) in [4.78, 5) is 51.4. The number of aromatic hydroxyl groups is 2. The van der Waals surface area contributed by atoms with Crippen molar-refractivity contribution >= 4 is 32.9 Å². The number of phenolic OH excluding ortho intramolecular Hbond substituents is 2. The highest BCUT2D eigenvalue weighted by molar-refractivity contribution is 5.87. The number of rotatable bonds is 9. The Morgan fingerprint density at radius 2 is 1.35 bits per heavy atom. The van der Waals surface area contributed by atoms with Gasteiger partial charge in [-0.3, -0.25) is 0 Å². The van der Waals surface area contributed by atoms with E-state index < -0.39 is 28.8 Å². The number of hydrogen-bond acceptors (Lipinski definition) is 13. The Hall–Kier alpha value is -7.38. The highest BCUT2D eigenvalue weighted by Crippen LogP contribution is 2.44. The Labute approximate surface area is 320 Å². The minimum Gasteiger partial charge on any atom is -0.508 e. The molecule has 0 bridgehead atoms. The fourth-order valence-electron chi connectivity index (χ4n) is 7.28. The van der Waals surface area contributed by atoms with Crippen molar-refractivity contribution in [1.82, 2.24) is 0 Å². The van der Waals surface area contributed by atoms with Gasteiger partial charge in [0.15, 0.2) is 5.76 Å². The van der Waals surface area contributed by atoms with Crippen molar-refractivity contribution in [2.24, 2.45) is 0 Å². The van der Waals surface area contributed by atoms with Crippen molar-refractivity contribution in [3.05, 3.63) is 172 Å². The molecule has 4 aromatic carbocycles. The van der Waals surface area contributed by atoms with Crippen molar-refractivity contribution in [2.45, 2.75) is 32.7 Å². The lowest BCUT2D eigenvalue weighted by Gasteiger charge is -2.28. The maximum Gasteiger partial charge on any atom is 0.339 e. The van der Waals surface area contributed by atoms with Crippen LogP contribution in [0.15, 0.2) is 134 Å². The number of benzene rings is 4. The average Bonchev–Trinajstić information content (AvgIpc) is 3.17. The first kappa shape index (κ1) is 35.3. The molecule has 1 unspecified atom stereocenters. The maximum absolute atomic E-state index is 13.8. The molecule has 2 N–H and O–H groups in total. The van der Waals surface area contributed by atoms with E-state index in [1.165, 1.54) is 48.5 Å². The van der Waals surface area contributed by atoms with Crippen molar-refractivity contribution in [3.63, 3.8) is 0 Å². The lowest BCUT2D eigenvalue weighted by atomic mass is 9.95. The van der Waals surface area contributed by atoms with Crippen molar-refractivity contribution in [2.75, 3.05) is 6.61 Å². The molecule has 0 amide bonds. The third-order valence-electron chi connectivity index (χ3n) is 9.73. The Morgan fingerprint density at radius 1 is 0.632 bits per heavy atom. The van der Waals surface area contributed by atoms with Gasteiger partial charge < -0.3 is 42.1 Å². The summed E-state index contributed by atoms with van der Waals surface area (Å²) >= 11 is 0. The summed E-state index contributed by atoms with van der Waals surface area (Å²) in [5.41, 5.74) is 1.52. The first-order valence-corrected chi connectivity index (χ1v) is 17.9. The predicted molar refractivity (Wildman–Crippen MR) is 206 cm³/mol. The van der Waals surface area contributed by atoms with E-state index in [1.54, 1.807) is 48.5 Å². The van der Waals surface area contributed by atoms with Crippen LogP contribution in [-0.2, 0) is 24.2 Å². The Balaban J connectivity index is 1.14. The van der Waals surface area contributed by atoms with Crippen LogP contribution in [0.3, 0.4) is 0 Å². The molecular weight excluding hydrogens is 736 g/mol. The van der Waals surface area contributed by atoms with E-state index in [1.807, 2.05) is 6.92 Å². The number of fused-ring (bicyclic) bond motifs is 6. The molecule has 0 saturated carbocycles. The summed E-state index contributed by atoms with van der Waals surface area (Å²) in [6.45, 7) is 2.07. The van der Waals surface area contributed by atoms with Crippen LogP contribution in [0.25, 0.3) is 44.2 Å². The molecule has 0 saturated heterocycles. The molecule has 284 valence electrons. The molecule has 13 heteroatoms. The van der Waals surface area contributed by atoms with Gasteiger partial charge in [0.1, 0.15) is 39.7 Å². The van der Waals surface area contributed by atoms with E-state index in [0.29, 0.717) is 67.7 Å². The smallest absolute Gasteiger partial charge is 0.339 e. The summed E-state index contributed by atoms with van der Waals surface area (Å²) in [6.07, 6.45) is -0.942. The zero-order chi connectivity index (χ0) is 39.4. The van der Waals surface area contributed by atoms with Gasteiger partial charge in [-0.2, -0.15) is 0 Å². The topological polar surface area (TPSA) is 189 Å². The normalized spacial score (nSPS) is 13.4. The number of phenols is 2. The molecule has 4 aromatic heterocycles. The fourth-order valence-corrected chi connectivity index (χ4v) is 7.28. The van der Waals surface area contributed by atoms with Gasteiger partial charge in [0.2, 0.25) is 6.29 Å². The van der Waals surface area contributed by atoms with Crippen LogP contribution >= 0.6 is 0 Å². The van der Waals surface area contributed by atoms with Gasteiger partial charge in [0, 0.05) is 47.0 Å². The van der Waals surface area contributed by atoms with Crippen LogP contribution in [0, 0.1) is 0 Å². The van der Waals surface area contributed by atoms with Gasteiger partial charge in [-0.25, -0.2) is 19.2 Å². The van der Waals surface area contributed by atoms with E-state index in [2.05, 4.69) is 0 Å². The Bertz CT molecular complexity index is 3150. The van der Waals surface area contributed by atoms with Crippen LogP contribution in [0.4, 0.5) is 0 Å². The summed E-state index contributed by atoms with van der Waals surface area (Å²) in [6, 6.07) is 24.9. The molecular formula is C44H30O13. The molecule has 1 atom stereocenters. The molecule has 1 aliphatic heterocycles. The second kappa shape index (κ2) is 14.0. The molecule has 9 rings (SSSR count). The molecule has 13 nitrogen and oxygen atoms in total. The first-order valence-electron chi connectivity index (χ1n) is 17.9. The zero-order valence-corrected chi connectivity index (χ0v) is 30.0. The van der Waals surface area contributed by atoms with Gasteiger partial charge in [-0.1, -0.05) is 12.1 Å². The molecule has 57 heavy (non-hydrogen) atoms. The standard InChI is InChI=1S/C44H30O13/c1-2-51-35-4-3-5-36-41(35)26(18-40(49)54-36)21-52-44-32-15-25(14-24-17-38(47)53-33-11-8-27(45)19-30(24)33)43(50)57-42(32)31-13-22(6-10-34(31)56-44)12-23-16-39(48)55-37-20-28(46)7-9-29(23)37/h3-11,13,15-20,44-46H,2,12,14,21H2,1H3. The minimum atomic E-state index is -1.15. The molecule has 5 heterocycles. The van der Waals surface area contributed by atoms with Gasteiger partial charge in [0.25, 0.3) is 0 Å². The second-order valence-corrected chi connectivity index (χ2v) is 13.5. The van der Waals surface area contributed by atoms with Gasteiger partial charge in [0.05, 0.1) is 29.7 Å². The molecule has 0 aliphatic carbocycles. The summed E-state index contributed by atoms with van der Waals surface area (Å²) < 4.78 is 40.9. The summed E-state index contributed by atoms with van der Waals surface area (Å²) in [5.74, 6) is 0.907. The third-order valence-corrected chi connectivity index (χ3v) is 9.73. The number of hydrogen-bond donors (Lipinski definition) is 2. The number of ether oxygens (including phenoxy) is 3. The fraction of sp³-hybridized carbons (Fsp3) is 0.136. The van der Waals surface area contributed by atoms with Crippen molar-refractivity contribution < 1.29 is 42.1 Å². The minimum absolute atomic E-state index is 0.0442. The van der Waals surface area contributed by atoms with Crippen molar-refractivity contribution in [3.8, 4) is 34.3 Å². The highest BCUT2D eigenvalue weighted by Gasteiger charge is 2.32. The van der Waals surface area contributed by atoms with Crippen molar-refractivity contribution in [1.29, 1.82) is 0 Å². The van der Waals surface area contributed by atoms with Crippen LogP contribution in [0.2, 0.25) is 0 Å². The average molecular weight is 767 g/mol. The second-order valence-electron chi connectivity index (χ2n) is 13.5. The lowest BCUT2D eigenvalue weighted by Crippen LogP contribution is -2.21. The van der Waals surface area contributed by atoms with Gasteiger partial charge in [-0.15, -0.1) is 0 Å². The molecule has 0 radical (unpaired) electrons. The largest absolute Gasteiger partial charge is 0.508 e. The highest BCUT2D eigenvalue weighted by atomic mass is 16.7. The molecule has 1 aliphatic rings. The van der Waals surface area contributed by atoms with Crippen LogP contribution in [0.5, 0.6) is 23.0 Å². The van der Waals surface area contributed by atoms with E-state index in [-0.39, 0.29) is 53.4 Å². The third kappa shape index (κ3) is 6.70. The summed E-state index contributed by atoms with van der Waals surface area (Å²) in [7, 11) is 0. The van der Waals surface area contributed by atoms with E-state index in [4.69, 9.17) is 31.9 Å². The van der Waals surface area contributed by atoms with Gasteiger partial charge in [-0.05, 0) is 96.3 Å². The van der Waals surface area contributed by atoms with Crippen LogP contribution < -0.4 is 32.0 Å². The predicted octanol–water partition coefficient (Wildman–Crippen LogP) is 7.23. The Morgan fingerprint density at radius 3 is 2.16 bits per heavy atom. The molecule has 8 aromatic rings. The first-order chi connectivity index (χ1) is 27.6. The Kier molecular flexibility index (Phi) is 8.70. The van der Waals surface area contributed by atoms with E-state index >= 15 is 0 Å². The molecule has 0 fully saturated rings. The van der Waals surface area contributed by atoms with E-state index in [9.17, 15) is 29.4 Å². The lowest BCUT2D eigenvalue weighted by molar-refractivity contribution is -0.0952. The van der Waals surface area contributed by atoms with E-state index in [0.717, 1.165) is 5.56 Å². The monoisotopic (exact) mass is 766 g/mol. The maximum atomic E-state index is 13.8. The SMILES string of the molecule is CCOc1cccc2oc(=O)cc(COC3Oc4ccc(Cc5cc(=O)oc6cc(O)ccc56)cc4-c4oc(=O)c(Cc5cc(=O)oc6ccc(O)cc56)cc43)c12. The summed E-state index contributed by atoms with van der Waals surface area (Å²) in [5, 5.41) is 21.8. The van der Waals surface area contributed by atoms with Crippen LogP contribution in [-0.4, -0.2) is 16.8 Å². The van der Waals surface area contributed by atoms with Crippen LogP contribution in [0.1, 0.15) is 46.6 Å². The van der Waals surface area contributed by atoms with Gasteiger partial charge >= 0.3 is 22.5 Å². The molecule has 0 spiro atoms. The zero-order valence-electron chi connectivity index (χ0n) is 30.0.